The normalized spacial score (nSPS) is 27.2. The Balaban J connectivity index is 1.53. The van der Waals surface area contributed by atoms with Crippen LogP contribution in [-0.2, 0) is 0 Å². The number of hydrogen-bond donors (Lipinski definition) is 0. The van der Waals surface area contributed by atoms with Crippen molar-refractivity contribution in [3.8, 4) is 0 Å². The molecule has 2 saturated heterocycles. The highest BCUT2D eigenvalue weighted by Crippen LogP contribution is 2.48. The summed E-state index contributed by atoms with van der Waals surface area (Å²) in [5, 5.41) is 1.49. The first-order valence-electron chi connectivity index (χ1n) is 9.67. The number of pyridine rings is 1. The third kappa shape index (κ3) is 3.00. The van der Waals surface area contributed by atoms with Gasteiger partial charge >= 0.3 is 0 Å². The molecule has 5 rings (SSSR count). The van der Waals surface area contributed by atoms with Crippen LogP contribution in [0.2, 0.25) is 0 Å². The number of aromatic nitrogens is 1. The van der Waals surface area contributed by atoms with Crippen LogP contribution < -0.4 is 4.90 Å². The molecule has 0 unspecified atom stereocenters. The molecular formula is C21H23FN4S. The molecule has 27 heavy (non-hydrogen) atoms. The lowest BCUT2D eigenvalue weighted by Crippen LogP contribution is -2.29. The van der Waals surface area contributed by atoms with E-state index in [4.69, 9.17) is 4.99 Å². The van der Waals surface area contributed by atoms with E-state index in [1.54, 1.807) is 24.0 Å². The maximum Gasteiger partial charge on any atom is 0.160 e. The average Bonchev–Trinajstić information content (AvgIpc) is 3.39. The third-order valence-corrected chi connectivity index (χ3v) is 6.76. The van der Waals surface area contributed by atoms with E-state index in [1.807, 2.05) is 24.3 Å². The molecule has 6 heteroatoms. The van der Waals surface area contributed by atoms with E-state index < -0.39 is 0 Å². The van der Waals surface area contributed by atoms with Crippen molar-refractivity contribution in [3.05, 3.63) is 59.7 Å². The Kier molecular flexibility index (Phi) is 4.31. The molecule has 1 aromatic carbocycles. The summed E-state index contributed by atoms with van der Waals surface area (Å²) in [6.07, 6.45) is 4.17. The lowest BCUT2D eigenvalue weighted by atomic mass is 9.95. The number of benzene rings is 1. The predicted molar refractivity (Wildman–Crippen MR) is 109 cm³/mol. The summed E-state index contributed by atoms with van der Waals surface area (Å²) in [5.41, 5.74) is 2.62. The van der Waals surface area contributed by atoms with Gasteiger partial charge in [0.05, 0.1) is 11.7 Å². The van der Waals surface area contributed by atoms with Crippen LogP contribution in [0.5, 0.6) is 0 Å². The molecule has 0 saturated carbocycles. The van der Waals surface area contributed by atoms with Crippen molar-refractivity contribution in [2.24, 2.45) is 4.99 Å². The number of anilines is 1. The Labute approximate surface area is 163 Å². The van der Waals surface area contributed by atoms with E-state index >= 15 is 4.39 Å². The number of amidine groups is 1. The first-order valence-corrected chi connectivity index (χ1v) is 10.5. The van der Waals surface area contributed by atoms with Gasteiger partial charge in [-0.2, -0.15) is 0 Å². The van der Waals surface area contributed by atoms with Crippen LogP contribution in [0, 0.1) is 5.82 Å². The smallest absolute Gasteiger partial charge is 0.160 e. The molecule has 0 N–H and O–H groups in total. The molecule has 0 aliphatic carbocycles. The van der Waals surface area contributed by atoms with Crippen molar-refractivity contribution >= 4 is 22.6 Å². The third-order valence-electron chi connectivity index (χ3n) is 5.66. The molecule has 0 spiro atoms. The zero-order valence-corrected chi connectivity index (χ0v) is 16.2. The van der Waals surface area contributed by atoms with Crippen molar-refractivity contribution in [1.82, 2.24) is 9.88 Å². The van der Waals surface area contributed by atoms with Gasteiger partial charge < -0.3 is 9.80 Å². The van der Waals surface area contributed by atoms with Crippen LogP contribution in [0.15, 0.2) is 47.6 Å². The molecule has 3 aliphatic heterocycles. The van der Waals surface area contributed by atoms with Crippen LogP contribution in [0.3, 0.4) is 0 Å². The zero-order chi connectivity index (χ0) is 18.4. The maximum atomic E-state index is 15.3. The Hall–Kier alpha value is -2.08. The predicted octanol–water partition coefficient (Wildman–Crippen LogP) is 4.41. The number of aliphatic imine (C=N–C) groups is 1. The highest BCUT2D eigenvalue weighted by molar-refractivity contribution is 8.14. The summed E-state index contributed by atoms with van der Waals surface area (Å²) in [6, 6.07) is 11.3. The number of fused-ring (bicyclic) bond motifs is 1. The van der Waals surface area contributed by atoms with Gasteiger partial charge in [-0.1, -0.05) is 30.8 Å². The fourth-order valence-corrected chi connectivity index (χ4v) is 5.47. The summed E-state index contributed by atoms with van der Waals surface area (Å²) in [5.74, 6) is -0.133. The first-order chi connectivity index (χ1) is 13.2. The Morgan fingerprint density at radius 3 is 2.74 bits per heavy atom. The maximum absolute atomic E-state index is 15.3. The lowest BCUT2D eigenvalue weighted by molar-refractivity contribution is 0.313. The minimum Gasteiger partial charge on any atom is -0.371 e. The Bertz CT molecular complexity index is 866. The number of hydrogen-bond acceptors (Lipinski definition) is 5. The molecule has 4 heterocycles. The lowest BCUT2D eigenvalue weighted by Gasteiger charge is -2.28. The fraction of sp³-hybridized carbons (Fsp3) is 0.429. The van der Waals surface area contributed by atoms with E-state index in [0.29, 0.717) is 5.25 Å². The SMILES string of the molecule is C[C@H]1CN2C(=N[C@@H](c3ccccn3)[C@@H]2c2ccc(N3CCCC3)cc2F)S1. The van der Waals surface area contributed by atoms with Crippen LogP contribution in [0.4, 0.5) is 10.1 Å². The molecule has 2 aromatic rings. The van der Waals surface area contributed by atoms with Gasteiger partial charge in [0.25, 0.3) is 0 Å². The molecule has 3 atom stereocenters. The average molecular weight is 383 g/mol. The zero-order valence-electron chi connectivity index (χ0n) is 15.4. The number of halogens is 1. The summed E-state index contributed by atoms with van der Waals surface area (Å²) in [6.45, 7) is 5.13. The molecular weight excluding hydrogens is 359 g/mol. The van der Waals surface area contributed by atoms with Crippen LogP contribution >= 0.6 is 11.8 Å². The second kappa shape index (κ2) is 6.82. The summed E-state index contributed by atoms with van der Waals surface area (Å²) in [7, 11) is 0. The molecule has 0 radical (unpaired) electrons. The van der Waals surface area contributed by atoms with Crippen LogP contribution in [-0.4, -0.2) is 39.9 Å². The fourth-order valence-electron chi connectivity index (χ4n) is 4.38. The van der Waals surface area contributed by atoms with Gasteiger partial charge in [0, 0.05) is 42.3 Å². The quantitative estimate of drug-likeness (QED) is 0.787. The van der Waals surface area contributed by atoms with Crippen molar-refractivity contribution < 1.29 is 4.39 Å². The van der Waals surface area contributed by atoms with E-state index in [2.05, 4.69) is 27.8 Å². The molecule has 2 fully saturated rings. The highest BCUT2D eigenvalue weighted by atomic mass is 32.2. The van der Waals surface area contributed by atoms with Crippen molar-refractivity contribution in [3.63, 3.8) is 0 Å². The highest BCUT2D eigenvalue weighted by Gasteiger charge is 2.44. The molecule has 0 bridgehead atoms. The van der Waals surface area contributed by atoms with E-state index in [1.165, 1.54) is 12.8 Å². The molecule has 140 valence electrons. The minimum absolute atomic E-state index is 0.125. The van der Waals surface area contributed by atoms with Crippen LogP contribution in [0.25, 0.3) is 0 Å². The van der Waals surface area contributed by atoms with E-state index in [-0.39, 0.29) is 17.9 Å². The number of nitrogens with zero attached hydrogens (tertiary/aromatic N) is 4. The second-order valence-corrected chi connectivity index (χ2v) is 8.94. The number of thioether (sulfide) groups is 1. The van der Waals surface area contributed by atoms with Gasteiger partial charge in [-0.15, -0.1) is 0 Å². The van der Waals surface area contributed by atoms with Gasteiger partial charge in [0.15, 0.2) is 5.17 Å². The molecule has 3 aliphatic rings. The van der Waals surface area contributed by atoms with Crippen molar-refractivity contribution in [2.45, 2.75) is 37.1 Å². The molecule has 1 aromatic heterocycles. The largest absolute Gasteiger partial charge is 0.371 e. The van der Waals surface area contributed by atoms with Crippen molar-refractivity contribution in [1.29, 1.82) is 0 Å². The van der Waals surface area contributed by atoms with E-state index in [0.717, 1.165) is 41.7 Å². The van der Waals surface area contributed by atoms with Gasteiger partial charge in [0.1, 0.15) is 11.9 Å². The topological polar surface area (TPSA) is 31.7 Å². The Morgan fingerprint density at radius 1 is 1.15 bits per heavy atom. The van der Waals surface area contributed by atoms with Gasteiger partial charge in [-0.05, 0) is 37.1 Å². The van der Waals surface area contributed by atoms with E-state index in [9.17, 15) is 0 Å². The van der Waals surface area contributed by atoms with Gasteiger partial charge in [-0.25, -0.2) is 4.39 Å². The summed E-state index contributed by atoms with van der Waals surface area (Å²) in [4.78, 5) is 14.0. The summed E-state index contributed by atoms with van der Waals surface area (Å²) >= 11 is 1.78. The molecule has 0 amide bonds. The first kappa shape index (κ1) is 17.0. The molecule has 4 nitrogen and oxygen atoms in total. The van der Waals surface area contributed by atoms with Gasteiger partial charge in [-0.3, -0.25) is 9.98 Å². The monoisotopic (exact) mass is 382 g/mol. The minimum atomic E-state index is -0.159. The Morgan fingerprint density at radius 2 is 2.00 bits per heavy atom. The standard InChI is InChI=1S/C21H23FN4S/c1-14-13-26-20(19(24-21(26)27-14)18-6-2-3-9-23-18)16-8-7-15(12-17(16)22)25-10-4-5-11-25/h2-3,6-9,12,14,19-20H,4-5,10-11,13H2,1H3/t14-,19-,20-/m0/s1. The summed E-state index contributed by atoms with van der Waals surface area (Å²) < 4.78 is 15.3. The van der Waals surface area contributed by atoms with Crippen LogP contribution in [0.1, 0.15) is 43.1 Å². The van der Waals surface area contributed by atoms with Gasteiger partial charge in [0.2, 0.25) is 0 Å². The van der Waals surface area contributed by atoms with Crippen molar-refractivity contribution in [2.75, 3.05) is 24.5 Å². The number of rotatable bonds is 3. The second-order valence-electron chi connectivity index (χ2n) is 7.54.